The highest BCUT2D eigenvalue weighted by Gasteiger charge is 2.40. The zero-order valence-corrected chi connectivity index (χ0v) is 42.2. The molecule has 0 saturated carbocycles. The summed E-state index contributed by atoms with van der Waals surface area (Å²) in [5.74, 6) is -2.17. The van der Waals surface area contributed by atoms with Crippen molar-refractivity contribution in [3.05, 3.63) is 70.3 Å². The van der Waals surface area contributed by atoms with Gasteiger partial charge < -0.3 is 29.2 Å². The first-order chi connectivity index (χ1) is 32.4. The Morgan fingerprint density at radius 1 is 1.10 bits per heavy atom. The van der Waals surface area contributed by atoms with Crippen LogP contribution < -0.4 is 10.7 Å². The second-order valence-corrected chi connectivity index (χ2v) is 20.7. The average molecular weight is 952 g/mol. The van der Waals surface area contributed by atoms with Crippen LogP contribution in [0.25, 0.3) is 33.4 Å². The molecule has 3 aliphatic rings. The number of benzene rings is 1. The van der Waals surface area contributed by atoms with Crippen LogP contribution in [0.3, 0.4) is 0 Å². The fraction of sp³-hybridized carbons (Fsp3) is 0.549. The normalized spacial score (nSPS) is 21.2. The molecule has 0 radical (unpaired) electrons. The van der Waals surface area contributed by atoms with Crippen LogP contribution in [0.2, 0.25) is 0 Å². The van der Waals surface area contributed by atoms with Gasteiger partial charge in [0.05, 0.1) is 40.7 Å². The van der Waals surface area contributed by atoms with E-state index in [1.54, 1.807) is 34.4 Å². The Morgan fingerprint density at radius 2 is 1.88 bits per heavy atom. The molecule has 4 aromatic rings. The number of aromatic nitrogens is 3. The molecule has 3 aliphatic heterocycles. The van der Waals surface area contributed by atoms with Crippen LogP contribution in [0, 0.1) is 17.3 Å². The molecule has 16 nitrogen and oxygen atoms in total. The summed E-state index contributed by atoms with van der Waals surface area (Å²) in [6.45, 7) is 15.0. The number of methoxy groups -OCH3 is 1. The van der Waals surface area contributed by atoms with Gasteiger partial charge in [-0.15, -0.1) is 11.3 Å². The molecule has 0 aliphatic carbocycles. The second-order valence-electron chi connectivity index (χ2n) is 19.8. The predicted molar refractivity (Wildman–Crippen MR) is 263 cm³/mol. The topological polar surface area (TPSA) is 172 Å². The van der Waals surface area contributed by atoms with Crippen molar-refractivity contribution in [2.75, 3.05) is 61.0 Å². The van der Waals surface area contributed by atoms with E-state index in [4.69, 9.17) is 19.4 Å². The van der Waals surface area contributed by atoms with E-state index in [0.29, 0.717) is 63.4 Å². The van der Waals surface area contributed by atoms with Crippen LogP contribution in [-0.4, -0.2) is 143 Å². The summed E-state index contributed by atoms with van der Waals surface area (Å²) in [4.78, 5) is 84.3. The summed E-state index contributed by atoms with van der Waals surface area (Å²) < 4.78 is 14.3. The van der Waals surface area contributed by atoms with Gasteiger partial charge in [0.25, 0.3) is 5.91 Å². The number of esters is 1. The average Bonchev–Trinajstić information content (AvgIpc) is 4.07. The molecular formula is C51H69N9O7S. The van der Waals surface area contributed by atoms with Crippen LogP contribution in [-0.2, 0) is 52.8 Å². The molecule has 0 unspecified atom stereocenters. The fourth-order valence-electron chi connectivity index (χ4n) is 9.82. The minimum absolute atomic E-state index is 0.0892. The first kappa shape index (κ1) is 50.4. The Labute approximate surface area is 404 Å². The fourth-order valence-corrected chi connectivity index (χ4v) is 10.7. The van der Waals surface area contributed by atoms with Gasteiger partial charge in [0.15, 0.2) is 0 Å². The van der Waals surface area contributed by atoms with Crippen LogP contribution in [0.5, 0.6) is 0 Å². The van der Waals surface area contributed by atoms with Crippen molar-refractivity contribution in [3.8, 4) is 22.5 Å². The van der Waals surface area contributed by atoms with E-state index in [9.17, 15) is 24.0 Å². The number of rotatable bonds is 12. The molecule has 17 heteroatoms. The third-order valence-electron chi connectivity index (χ3n) is 13.5. The number of cyclic esters (lactones) is 1. The molecule has 366 valence electrons. The van der Waals surface area contributed by atoms with Gasteiger partial charge >= 0.3 is 5.97 Å². The Balaban J connectivity index is 1.22. The van der Waals surface area contributed by atoms with Crippen molar-refractivity contribution in [2.24, 2.45) is 17.3 Å². The Morgan fingerprint density at radius 3 is 2.60 bits per heavy atom. The molecule has 5 atom stereocenters. The van der Waals surface area contributed by atoms with Gasteiger partial charge in [0, 0.05) is 106 Å². The third-order valence-corrected chi connectivity index (χ3v) is 14.4. The maximum absolute atomic E-state index is 14.7. The van der Waals surface area contributed by atoms with E-state index < -0.39 is 41.3 Å². The molecule has 1 aromatic carbocycles. The number of likely N-dealkylation sites (N-methyl/N-ethyl adjacent to an activating group) is 2. The highest BCUT2D eigenvalue weighted by molar-refractivity contribution is 7.10. The van der Waals surface area contributed by atoms with Gasteiger partial charge in [-0.25, -0.2) is 10.4 Å². The van der Waals surface area contributed by atoms with Crippen molar-refractivity contribution in [2.45, 2.75) is 104 Å². The van der Waals surface area contributed by atoms with Crippen molar-refractivity contribution in [1.29, 1.82) is 0 Å². The van der Waals surface area contributed by atoms with E-state index in [0.717, 1.165) is 44.7 Å². The summed E-state index contributed by atoms with van der Waals surface area (Å²) in [6.07, 6.45) is 7.19. The SMILES string of the molecule is CCn1c(-c2cccnc2[C@H](C)OC)c2c3cc(ccc31)-c1csc(n1)C[C@H](NC(=O)[C@H](C(C)C)N(C)C(=O)[C@H]1CCN(C/C=C/C(=O)N(C)C)C1)C(=O)N1CCC[C@H](N1)C(=O)OCC(C)(C)C2. The molecule has 2 saturated heterocycles. The standard InChI is InChI=1S/C51H69N9O7S/c1-11-59-41-19-18-33-25-36(41)37(46(59)35-15-12-21-52-44(35)32(4)66-10)27-51(5,6)30-67-50(65)38-16-13-23-60(55-38)49(64)39(26-42-53-40(33)29-68-42)54-47(62)45(31(2)3)57(9)48(63)34-20-24-58(28-34)22-14-17-43(61)56(7)8/h12,14-15,17-19,21,25,29,31-32,34,38-39,45,55H,11,13,16,20,22-24,26-28,30H2,1-10H3,(H,54,62)/b17-14+/t32-,34-,38-,39-,45-/m0/s1. The molecule has 0 spiro atoms. The summed E-state index contributed by atoms with van der Waals surface area (Å²) in [5, 5.41) is 8.18. The lowest BCUT2D eigenvalue weighted by Crippen LogP contribution is -2.62. The zero-order valence-electron chi connectivity index (χ0n) is 41.3. The van der Waals surface area contributed by atoms with Crippen LogP contribution in [0.1, 0.15) is 83.2 Å². The molecule has 7 rings (SSSR count). The number of carbonyl (C=O) groups is 5. The molecule has 3 aromatic heterocycles. The lowest BCUT2D eigenvalue weighted by Gasteiger charge is -2.37. The molecule has 2 fully saturated rings. The van der Waals surface area contributed by atoms with Crippen molar-refractivity contribution in [1.82, 2.24) is 45.0 Å². The van der Waals surface area contributed by atoms with E-state index in [1.165, 1.54) is 32.2 Å². The largest absolute Gasteiger partial charge is 0.464 e. The summed E-state index contributed by atoms with van der Waals surface area (Å²) in [7, 11) is 6.74. The highest BCUT2D eigenvalue weighted by Crippen LogP contribution is 2.42. The van der Waals surface area contributed by atoms with Crippen molar-refractivity contribution < 1.29 is 33.4 Å². The number of amides is 4. The van der Waals surface area contributed by atoms with E-state index in [-0.39, 0.29) is 42.8 Å². The first-order valence-electron chi connectivity index (χ1n) is 23.9. The Bertz CT molecular complexity index is 2530. The first-order valence-corrected chi connectivity index (χ1v) is 24.8. The number of ether oxygens (including phenoxy) is 2. The van der Waals surface area contributed by atoms with Gasteiger partial charge in [0.1, 0.15) is 18.1 Å². The predicted octanol–water partition coefficient (Wildman–Crippen LogP) is 5.65. The van der Waals surface area contributed by atoms with Gasteiger partial charge in [-0.2, -0.15) is 0 Å². The summed E-state index contributed by atoms with van der Waals surface area (Å²) in [6, 6.07) is 7.71. The van der Waals surface area contributed by atoms with Crippen LogP contribution in [0.15, 0.2) is 54.1 Å². The maximum Gasteiger partial charge on any atom is 0.324 e. The number of hydrazine groups is 1. The van der Waals surface area contributed by atoms with Gasteiger partial charge in [-0.05, 0) is 81.8 Å². The number of nitrogens with one attached hydrogen (secondary N) is 2. The maximum atomic E-state index is 14.7. The molecular weight excluding hydrogens is 883 g/mol. The quantitative estimate of drug-likeness (QED) is 0.133. The smallest absolute Gasteiger partial charge is 0.324 e. The lowest BCUT2D eigenvalue weighted by atomic mass is 9.84. The minimum Gasteiger partial charge on any atom is -0.464 e. The third kappa shape index (κ3) is 11.0. The monoisotopic (exact) mass is 952 g/mol. The van der Waals surface area contributed by atoms with Gasteiger partial charge in [0.2, 0.25) is 17.7 Å². The van der Waals surface area contributed by atoms with Gasteiger partial charge in [-0.1, -0.05) is 39.8 Å². The summed E-state index contributed by atoms with van der Waals surface area (Å²) in [5.41, 5.74) is 9.31. The zero-order chi connectivity index (χ0) is 49.0. The van der Waals surface area contributed by atoms with Crippen molar-refractivity contribution >= 4 is 51.8 Å². The van der Waals surface area contributed by atoms with E-state index in [2.05, 4.69) is 65.2 Å². The lowest BCUT2D eigenvalue weighted by molar-refractivity contribution is -0.155. The van der Waals surface area contributed by atoms with Crippen LogP contribution >= 0.6 is 11.3 Å². The molecule has 6 bridgehead atoms. The number of hydrogen-bond donors (Lipinski definition) is 2. The molecule has 68 heavy (non-hydrogen) atoms. The number of hydrogen-bond acceptors (Lipinski definition) is 12. The number of carbonyl (C=O) groups excluding carboxylic acids is 5. The second kappa shape index (κ2) is 21.4. The Kier molecular flexibility index (Phi) is 15.9. The number of nitrogens with zero attached hydrogens (tertiary/aromatic N) is 7. The van der Waals surface area contributed by atoms with Crippen LogP contribution in [0.4, 0.5) is 0 Å². The van der Waals surface area contributed by atoms with Crippen molar-refractivity contribution in [3.63, 3.8) is 0 Å². The Hall–Kier alpha value is -5.49. The number of thiazole rings is 1. The van der Waals surface area contributed by atoms with Gasteiger partial charge in [-0.3, -0.25) is 38.9 Å². The number of aryl methyl sites for hydroxylation is 1. The molecule has 2 N–H and O–H groups in total. The molecule has 4 amide bonds. The summed E-state index contributed by atoms with van der Waals surface area (Å²) >= 11 is 1.42. The number of pyridine rings is 1. The minimum atomic E-state index is -1.07. The molecule has 6 heterocycles. The number of likely N-dealkylation sites (tertiary alicyclic amines) is 1. The van der Waals surface area contributed by atoms with E-state index >= 15 is 0 Å². The number of fused-ring (bicyclic) bond motifs is 6. The van der Waals surface area contributed by atoms with E-state index in [1.807, 2.05) is 38.3 Å². The highest BCUT2D eigenvalue weighted by atomic mass is 32.1.